The number of benzene rings is 1. The lowest BCUT2D eigenvalue weighted by Gasteiger charge is -2.43. The Morgan fingerprint density at radius 3 is 2.89 bits per heavy atom. The van der Waals surface area contributed by atoms with Gasteiger partial charge in [0.25, 0.3) is 5.89 Å². The van der Waals surface area contributed by atoms with Gasteiger partial charge in [0, 0.05) is 37.8 Å². The summed E-state index contributed by atoms with van der Waals surface area (Å²) < 4.78 is 17.0. The topological polar surface area (TPSA) is 80.7 Å². The number of aromatic nitrogens is 3. The second kappa shape index (κ2) is 7.46. The van der Waals surface area contributed by atoms with Crippen molar-refractivity contribution in [2.45, 2.75) is 19.5 Å². The maximum Gasteiger partial charge on any atom is 0.253 e. The quantitative estimate of drug-likeness (QED) is 0.681. The van der Waals surface area contributed by atoms with Crippen LogP contribution in [0.4, 0.5) is 0 Å². The molecule has 0 saturated carbocycles. The minimum atomic E-state index is 0.451. The summed E-state index contributed by atoms with van der Waals surface area (Å²) in [6, 6.07) is 10.3. The highest BCUT2D eigenvalue weighted by Crippen LogP contribution is 2.33. The average Bonchev–Trinajstić information content (AvgIpc) is 3.34. The predicted octanol–water partition coefficient (Wildman–Crippen LogP) is 2.22. The van der Waals surface area contributed by atoms with E-state index >= 15 is 0 Å². The summed E-state index contributed by atoms with van der Waals surface area (Å²) in [6.07, 6.45) is 0. The Hall–Kier alpha value is -2.55. The second-order valence-corrected chi connectivity index (χ2v) is 7.33. The maximum absolute atomic E-state index is 6.00. The summed E-state index contributed by atoms with van der Waals surface area (Å²) in [4.78, 5) is 4.86. The van der Waals surface area contributed by atoms with Crippen LogP contribution in [0, 0.1) is 6.92 Å². The van der Waals surface area contributed by atoms with Crippen molar-refractivity contribution in [1.29, 1.82) is 0 Å². The smallest absolute Gasteiger partial charge is 0.253 e. The summed E-state index contributed by atoms with van der Waals surface area (Å²) in [5.74, 6) is 1.73. The number of ether oxygens (including phenoxy) is 1. The van der Waals surface area contributed by atoms with Crippen LogP contribution in [0.3, 0.4) is 0 Å². The molecule has 0 radical (unpaired) electrons. The molecule has 146 valence electrons. The molecule has 2 aliphatic rings. The molecule has 4 heterocycles. The normalized spacial score (nSPS) is 21.0. The van der Waals surface area contributed by atoms with Gasteiger partial charge in [-0.15, -0.1) is 10.2 Å². The third-order valence-electron chi connectivity index (χ3n) is 5.47. The molecule has 1 atom stereocenters. The van der Waals surface area contributed by atoms with E-state index in [-0.39, 0.29) is 0 Å². The van der Waals surface area contributed by atoms with Crippen molar-refractivity contribution in [3.63, 3.8) is 0 Å². The molecule has 0 aliphatic carbocycles. The third-order valence-corrected chi connectivity index (χ3v) is 5.47. The molecular weight excluding hydrogens is 358 g/mol. The van der Waals surface area contributed by atoms with Crippen LogP contribution in [-0.4, -0.2) is 70.6 Å². The summed E-state index contributed by atoms with van der Waals surface area (Å²) >= 11 is 0. The van der Waals surface area contributed by atoms with Crippen molar-refractivity contribution in [2.24, 2.45) is 0 Å². The van der Waals surface area contributed by atoms with Crippen LogP contribution in [0.25, 0.3) is 22.7 Å². The van der Waals surface area contributed by atoms with Gasteiger partial charge in [-0.2, -0.15) is 0 Å². The van der Waals surface area contributed by atoms with Gasteiger partial charge in [0.2, 0.25) is 5.89 Å². The number of morpholine rings is 1. The first-order chi connectivity index (χ1) is 13.8. The highest BCUT2D eigenvalue weighted by atomic mass is 16.5. The monoisotopic (exact) mass is 381 g/mol. The van der Waals surface area contributed by atoms with E-state index in [9.17, 15) is 0 Å². The Morgan fingerprint density at radius 1 is 1.11 bits per heavy atom. The van der Waals surface area contributed by atoms with Crippen LogP contribution in [0.5, 0.6) is 0 Å². The fraction of sp³-hybridized carbons (Fsp3) is 0.450. The van der Waals surface area contributed by atoms with Crippen molar-refractivity contribution >= 4 is 0 Å². The van der Waals surface area contributed by atoms with Crippen LogP contribution in [0.2, 0.25) is 0 Å². The molecule has 2 saturated heterocycles. The number of rotatable bonds is 4. The molecule has 0 N–H and O–H groups in total. The lowest BCUT2D eigenvalue weighted by Crippen LogP contribution is -2.57. The second-order valence-electron chi connectivity index (χ2n) is 7.33. The van der Waals surface area contributed by atoms with Crippen molar-refractivity contribution in [3.8, 4) is 22.7 Å². The number of hydrogen-bond donors (Lipinski definition) is 0. The molecule has 0 bridgehead atoms. The van der Waals surface area contributed by atoms with Crippen molar-refractivity contribution in [2.75, 3.05) is 39.4 Å². The largest absolute Gasteiger partial charge is 0.419 e. The van der Waals surface area contributed by atoms with E-state index in [4.69, 9.17) is 13.7 Å². The maximum atomic E-state index is 6.00. The molecule has 8 nitrogen and oxygen atoms in total. The van der Waals surface area contributed by atoms with Crippen LogP contribution >= 0.6 is 0 Å². The first-order valence-corrected chi connectivity index (χ1v) is 9.66. The highest BCUT2D eigenvalue weighted by Gasteiger charge is 2.30. The zero-order valence-corrected chi connectivity index (χ0v) is 15.9. The number of fused-ring (bicyclic) bond motifs is 1. The first kappa shape index (κ1) is 17.5. The van der Waals surface area contributed by atoms with Gasteiger partial charge >= 0.3 is 0 Å². The predicted molar refractivity (Wildman–Crippen MR) is 101 cm³/mol. The van der Waals surface area contributed by atoms with E-state index < -0.39 is 0 Å². The summed E-state index contributed by atoms with van der Waals surface area (Å²) in [5, 5.41) is 12.7. The van der Waals surface area contributed by atoms with Gasteiger partial charge < -0.3 is 13.7 Å². The molecular formula is C20H23N5O3. The molecule has 3 aromatic rings. The number of aryl methyl sites for hydroxylation is 1. The van der Waals surface area contributed by atoms with Crippen LogP contribution < -0.4 is 0 Å². The molecule has 8 heteroatoms. The Labute approximate surface area is 163 Å². The van der Waals surface area contributed by atoms with E-state index in [1.54, 1.807) is 0 Å². The lowest BCUT2D eigenvalue weighted by atomic mass is 10.1. The number of nitrogens with zero attached hydrogens (tertiary/aromatic N) is 5. The number of piperazine rings is 1. The van der Waals surface area contributed by atoms with Gasteiger partial charge in [0.15, 0.2) is 0 Å². The van der Waals surface area contributed by atoms with Crippen molar-refractivity contribution in [1.82, 2.24) is 25.2 Å². The molecule has 1 aromatic carbocycles. The molecule has 28 heavy (non-hydrogen) atoms. The Kier molecular flexibility index (Phi) is 4.67. The van der Waals surface area contributed by atoms with Crippen LogP contribution in [-0.2, 0) is 11.3 Å². The fourth-order valence-corrected chi connectivity index (χ4v) is 3.98. The van der Waals surface area contributed by atoms with E-state index in [1.807, 2.05) is 37.3 Å². The first-order valence-electron chi connectivity index (χ1n) is 9.66. The average molecular weight is 381 g/mol. The summed E-state index contributed by atoms with van der Waals surface area (Å²) in [5.41, 5.74) is 2.44. The van der Waals surface area contributed by atoms with Gasteiger partial charge in [-0.05, 0) is 6.92 Å². The highest BCUT2D eigenvalue weighted by molar-refractivity contribution is 5.77. The zero-order chi connectivity index (χ0) is 18.9. The minimum absolute atomic E-state index is 0.451. The standard InChI is InChI=1S/C20H23N5O3/c1-14-18(19(23-28-14)15-5-3-2-4-6-15)20-22-21-17(27-20)12-24-7-8-25-9-10-26-13-16(25)11-24/h2-6,16H,7-13H2,1H3. The molecule has 2 aromatic heterocycles. The van der Waals surface area contributed by atoms with Crippen LogP contribution in [0.1, 0.15) is 11.7 Å². The van der Waals surface area contributed by atoms with E-state index in [2.05, 4.69) is 25.2 Å². The van der Waals surface area contributed by atoms with Crippen LogP contribution in [0.15, 0.2) is 39.3 Å². The van der Waals surface area contributed by atoms with Gasteiger partial charge in [-0.1, -0.05) is 35.5 Å². The Balaban J connectivity index is 1.34. The summed E-state index contributed by atoms with van der Waals surface area (Å²) in [6.45, 7) is 8.17. The summed E-state index contributed by atoms with van der Waals surface area (Å²) in [7, 11) is 0. The molecule has 0 spiro atoms. The molecule has 2 fully saturated rings. The lowest BCUT2D eigenvalue weighted by molar-refractivity contribution is -0.0473. The Morgan fingerprint density at radius 2 is 2.00 bits per heavy atom. The SMILES string of the molecule is Cc1onc(-c2ccccc2)c1-c1nnc(CN2CCN3CCOCC3C2)o1. The van der Waals surface area contributed by atoms with Crippen molar-refractivity contribution in [3.05, 3.63) is 42.0 Å². The zero-order valence-electron chi connectivity index (χ0n) is 15.9. The van der Waals surface area contributed by atoms with Crippen molar-refractivity contribution < 1.29 is 13.7 Å². The molecule has 5 rings (SSSR count). The molecule has 0 amide bonds. The van der Waals surface area contributed by atoms with E-state index in [0.29, 0.717) is 30.1 Å². The van der Waals surface area contributed by atoms with E-state index in [0.717, 1.165) is 56.2 Å². The van der Waals surface area contributed by atoms with Gasteiger partial charge in [-0.25, -0.2) is 0 Å². The fourth-order valence-electron chi connectivity index (χ4n) is 3.98. The van der Waals surface area contributed by atoms with Gasteiger partial charge in [0.1, 0.15) is 17.0 Å². The number of hydrogen-bond acceptors (Lipinski definition) is 8. The molecule has 2 aliphatic heterocycles. The molecule has 1 unspecified atom stereocenters. The van der Waals surface area contributed by atoms with Gasteiger partial charge in [0.05, 0.1) is 19.8 Å². The van der Waals surface area contributed by atoms with Gasteiger partial charge in [-0.3, -0.25) is 9.80 Å². The minimum Gasteiger partial charge on any atom is -0.419 e. The Bertz CT molecular complexity index is 938. The van der Waals surface area contributed by atoms with E-state index in [1.165, 1.54) is 0 Å². The third kappa shape index (κ3) is 3.34.